The highest BCUT2D eigenvalue weighted by atomic mass is 16.5. The van der Waals surface area contributed by atoms with Crippen LogP contribution in [0.15, 0.2) is 24.3 Å². The molecule has 0 amide bonds. The van der Waals surface area contributed by atoms with Crippen molar-refractivity contribution in [2.24, 2.45) is 11.8 Å². The van der Waals surface area contributed by atoms with Gasteiger partial charge in [-0.05, 0) is 38.5 Å². The van der Waals surface area contributed by atoms with Gasteiger partial charge in [0.05, 0.1) is 24.7 Å². The lowest BCUT2D eigenvalue weighted by atomic mass is 9.61. The molecule has 1 aliphatic carbocycles. The third-order valence-electron chi connectivity index (χ3n) is 5.14. The summed E-state index contributed by atoms with van der Waals surface area (Å²) in [5.74, 6) is -4.85. The van der Waals surface area contributed by atoms with Gasteiger partial charge in [-0.1, -0.05) is 12.1 Å². The van der Waals surface area contributed by atoms with Crippen molar-refractivity contribution in [3.63, 3.8) is 0 Å². The Hall–Kier alpha value is -2.41. The molecule has 0 radical (unpaired) electrons. The fourth-order valence-electron chi connectivity index (χ4n) is 3.87. The summed E-state index contributed by atoms with van der Waals surface area (Å²) in [7, 11) is 3.79. The van der Waals surface area contributed by atoms with E-state index in [-0.39, 0.29) is 19.6 Å². The Morgan fingerprint density at radius 1 is 1.11 bits per heavy atom. The van der Waals surface area contributed by atoms with E-state index >= 15 is 0 Å². The first-order valence-corrected chi connectivity index (χ1v) is 9.49. The Morgan fingerprint density at radius 3 is 2.14 bits per heavy atom. The molecule has 1 N–H and O–H groups in total. The minimum atomic E-state index is -1.63. The molecule has 0 bridgehead atoms. The van der Waals surface area contributed by atoms with Gasteiger partial charge in [0, 0.05) is 32.1 Å². The highest BCUT2D eigenvalue weighted by molar-refractivity contribution is 6.02. The van der Waals surface area contributed by atoms with Gasteiger partial charge in [0.15, 0.2) is 5.78 Å². The first kappa shape index (κ1) is 21.9. The number of hydrogen-bond acceptors (Lipinski definition) is 7. The molecule has 154 valence electrons. The van der Waals surface area contributed by atoms with Crippen LogP contribution >= 0.6 is 0 Å². The molecular formula is C21H29NO6. The molecule has 1 aliphatic rings. The zero-order chi connectivity index (χ0) is 21.1. The summed E-state index contributed by atoms with van der Waals surface area (Å²) in [6.45, 7) is 5.02. The summed E-state index contributed by atoms with van der Waals surface area (Å²) in [5, 5.41) is 10.9. The fraction of sp³-hybridized carbons (Fsp3) is 0.571. The topological polar surface area (TPSA) is 93.1 Å². The van der Waals surface area contributed by atoms with E-state index in [9.17, 15) is 19.5 Å². The summed E-state index contributed by atoms with van der Waals surface area (Å²) < 4.78 is 10.3. The van der Waals surface area contributed by atoms with E-state index in [1.807, 2.05) is 31.1 Å². The molecule has 28 heavy (non-hydrogen) atoms. The third kappa shape index (κ3) is 4.35. The van der Waals surface area contributed by atoms with Crippen LogP contribution in [0.3, 0.4) is 0 Å². The van der Waals surface area contributed by atoms with Crippen molar-refractivity contribution in [2.75, 3.05) is 32.2 Å². The second-order valence-corrected chi connectivity index (χ2v) is 7.47. The number of rotatable bonds is 6. The number of benzene rings is 1. The molecule has 1 aromatic rings. The largest absolute Gasteiger partial charge is 0.466 e. The summed E-state index contributed by atoms with van der Waals surface area (Å²) in [6, 6.07) is 7.22. The van der Waals surface area contributed by atoms with E-state index in [0.717, 1.165) is 5.69 Å². The Bertz CT molecular complexity index is 725. The van der Waals surface area contributed by atoms with Crippen molar-refractivity contribution in [2.45, 2.75) is 38.7 Å². The average Bonchev–Trinajstić information content (AvgIpc) is 2.60. The second kappa shape index (κ2) is 8.73. The van der Waals surface area contributed by atoms with Gasteiger partial charge in [-0.2, -0.15) is 0 Å². The maximum atomic E-state index is 12.8. The predicted molar refractivity (Wildman–Crippen MR) is 104 cm³/mol. The van der Waals surface area contributed by atoms with Gasteiger partial charge in [-0.3, -0.25) is 14.4 Å². The molecule has 0 unspecified atom stereocenters. The van der Waals surface area contributed by atoms with Crippen LogP contribution in [0.5, 0.6) is 0 Å². The number of nitrogens with zero attached hydrogens (tertiary/aromatic N) is 1. The predicted octanol–water partition coefficient (Wildman–Crippen LogP) is 1.92. The Labute approximate surface area is 165 Å². The van der Waals surface area contributed by atoms with Gasteiger partial charge < -0.3 is 19.5 Å². The molecule has 7 heteroatoms. The normalized spacial score (nSPS) is 27.2. The summed E-state index contributed by atoms with van der Waals surface area (Å²) in [5.41, 5.74) is -0.0925. The monoisotopic (exact) mass is 391 g/mol. The molecule has 2 rings (SSSR count). The number of carbonyl (C=O) groups is 3. The molecule has 1 fully saturated rings. The van der Waals surface area contributed by atoms with E-state index < -0.39 is 41.1 Å². The van der Waals surface area contributed by atoms with Gasteiger partial charge in [-0.15, -0.1) is 0 Å². The molecule has 4 atom stereocenters. The highest BCUT2D eigenvalue weighted by Crippen LogP contribution is 2.46. The van der Waals surface area contributed by atoms with E-state index in [1.54, 1.807) is 26.0 Å². The average molecular weight is 391 g/mol. The number of Topliss-reactive ketones (excluding diaryl/α,β-unsaturated/α-hetero) is 1. The number of anilines is 1. The van der Waals surface area contributed by atoms with Crippen molar-refractivity contribution in [1.29, 1.82) is 0 Å². The van der Waals surface area contributed by atoms with Crippen LogP contribution in [0.4, 0.5) is 5.69 Å². The molecule has 1 saturated carbocycles. The number of carbonyl (C=O) groups excluding carboxylic acids is 3. The maximum Gasteiger partial charge on any atom is 0.317 e. The quantitative estimate of drug-likeness (QED) is 0.585. The van der Waals surface area contributed by atoms with Crippen molar-refractivity contribution >= 4 is 23.4 Å². The number of hydrogen-bond donors (Lipinski definition) is 1. The molecule has 0 saturated heterocycles. The number of aliphatic hydroxyl groups is 1. The molecule has 1 aromatic carbocycles. The first-order valence-electron chi connectivity index (χ1n) is 9.49. The first-order chi connectivity index (χ1) is 13.1. The van der Waals surface area contributed by atoms with Crippen molar-refractivity contribution < 1.29 is 29.0 Å². The standard InChI is InChI=1S/C21H29NO6/c1-6-27-19(24)17-15(23)12-21(3,26)18(20(25)28-7-2)16(17)13-8-10-14(11-9-13)22(4)5/h8-11,16-18,26H,6-7,12H2,1-5H3/t16-,17-,18+,21+/m1/s1. The third-order valence-corrected chi connectivity index (χ3v) is 5.14. The van der Waals surface area contributed by atoms with E-state index in [2.05, 4.69) is 0 Å². The summed E-state index contributed by atoms with van der Waals surface area (Å²) >= 11 is 0. The Kier molecular flexibility index (Phi) is 6.82. The maximum absolute atomic E-state index is 12.8. The van der Waals surface area contributed by atoms with Gasteiger partial charge in [0.2, 0.25) is 0 Å². The fourth-order valence-corrected chi connectivity index (χ4v) is 3.87. The van der Waals surface area contributed by atoms with Crippen LogP contribution in [0, 0.1) is 11.8 Å². The molecule has 0 aromatic heterocycles. The molecule has 0 spiro atoms. The molecule has 0 heterocycles. The minimum absolute atomic E-state index is 0.120. The van der Waals surface area contributed by atoms with Crippen molar-refractivity contribution in [1.82, 2.24) is 0 Å². The second-order valence-electron chi connectivity index (χ2n) is 7.47. The van der Waals surface area contributed by atoms with Crippen LogP contribution < -0.4 is 4.90 Å². The van der Waals surface area contributed by atoms with Crippen LogP contribution in [-0.2, 0) is 23.9 Å². The number of esters is 2. The van der Waals surface area contributed by atoms with Gasteiger partial charge in [0.1, 0.15) is 5.92 Å². The number of ether oxygens (including phenoxy) is 2. The van der Waals surface area contributed by atoms with Gasteiger partial charge in [-0.25, -0.2) is 0 Å². The minimum Gasteiger partial charge on any atom is -0.466 e. The van der Waals surface area contributed by atoms with Gasteiger partial charge in [0.25, 0.3) is 0 Å². The zero-order valence-electron chi connectivity index (χ0n) is 17.1. The molecule has 0 aliphatic heterocycles. The smallest absolute Gasteiger partial charge is 0.317 e. The van der Waals surface area contributed by atoms with Crippen LogP contribution in [0.25, 0.3) is 0 Å². The Balaban J connectivity index is 2.59. The van der Waals surface area contributed by atoms with Gasteiger partial charge >= 0.3 is 11.9 Å². The van der Waals surface area contributed by atoms with Crippen molar-refractivity contribution in [3.8, 4) is 0 Å². The van der Waals surface area contributed by atoms with E-state index in [4.69, 9.17) is 9.47 Å². The lowest BCUT2D eigenvalue weighted by molar-refractivity contribution is -0.172. The zero-order valence-corrected chi connectivity index (χ0v) is 17.1. The lowest BCUT2D eigenvalue weighted by Crippen LogP contribution is -2.55. The van der Waals surface area contributed by atoms with Crippen LogP contribution in [0.1, 0.15) is 38.7 Å². The summed E-state index contributed by atoms with van der Waals surface area (Å²) in [4.78, 5) is 40.1. The van der Waals surface area contributed by atoms with E-state index in [0.29, 0.717) is 5.56 Å². The van der Waals surface area contributed by atoms with E-state index in [1.165, 1.54) is 6.92 Å². The Morgan fingerprint density at radius 2 is 1.64 bits per heavy atom. The highest BCUT2D eigenvalue weighted by Gasteiger charge is 2.57. The lowest BCUT2D eigenvalue weighted by Gasteiger charge is -2.43. The van der Waals surface area contributed by atoms with Crippen LogP contribution in [-0.4, -0.2) is 55.7 Å². The molecule has 7 nitrogen and oxygen atoms in total. The number of ketones is 1. The molecular weight excluding hydrogens is 362 g/mol. The SMILES string of the molecule is CCOC(=O)[C@@H]1C(=O)C[C@](C)(O)[C@H](C(=O)OCC)[C@@H]1c1ccc(N(C)C)cc1. The van der Waals surface area contributed by atoms with Crippen LogP contribution in [0.2, 0.25) is 0 Å². The summed E-state index contributed by atoms with van der Waals surface area (Å²) in [6.07, 6.45) is -0.313. The van der Waals surface area contributed by atoms with Crippen molar-refractivity contribution in [3.05, 3.63) is 29.8 Å².